The molecule has 0 spiro atoms. The number of anilines is 1. The topological polar surface area (TPSA) is 88.4 Å². The molecule has 0 saturated carbocycles. The van der Waals surface area contributed by atoms with E-state index in [1.807, 2.05) is 43.4 Å². The van der Waals surface area contributed by atoms with Crippen LogP contribution in [0.25, 0.3) is 11.3 Å². The molecule has 1 aromatic carbocycles. The van der Waals surface area contributed by atoms with Gasteiger partial charge in [-0.05, 0) is 5.56 Å². The lowest BCUT2D eigenvalue weighted by atomic mass is 10.1. The van der Waals surface area contributed by atoms with Crippen molar-refractivity contribution in [3.05, 3.63) is 36.4 Å². The zero-order chi connectivity index (χ0) is 15.8. The number of aromatic nitrogens is 2. The summed E-state index contributed by atoms with van der Waals surface area (Å²) in [4.78, 5) is 11.7. The molecule has 0 aliphatic carbocycles. The maximum atomic E-state index is 11.7. The van der Waals surface area contributed by atoms with Gasteiger partial charge in [0.05, 0.1) is 25.5 Å². The average molecular weight is 304 g/mol. The first-order valence-corrected chi connectivity index (χ1v) is 7.03. The van der Waals surface area contributed by atoms with E-state index in [-0.39, 0.29) is 19.2 Å². The molecule has 1 heterocycles. The number of aryl methyl sites for hydroxylation is 1. The molecule has 0 unspecified atom stereocenters. The number of hydrogen-bond donors (Lipinski definition) is 3. The summed E-state index contributed by atoms with van der Waals surface area (Å²) < 4.78 is 6.77. The molecule has 0 aliphatic rings. The second-order valence-electron chi connectivity index (χ2n) is 4.62. The molecule has 1 aromatic heterocycles. The number of amides is 2. The third-order valence-electron chi connectivity index (χ3n) is 2.96. The molecular formula is C15H20N4O3. The van der Waals surface area contributed by atoms with E-state index in [1.165, 1.54) is 0 Å². The Balaban J connectivity index is 1.87. The molecule has 22 heavy (non-hydrogen) atoms. The largest absolute Gasteiger partial charge is 0.394 e. The van der Waals surface area contributed by atoms with Crippen LogP contribution in [0.2, 0.25) is 0 Å². The normalized spacial score (nSPS) is 10.5. The van der Waals surface area contributed by atoms with Crippen molar-refractivity contribution in [3.63, 3.8) is 0 Å². The maximum absolute atomic E-state index is 11.7. The third kappa shape index (κ3) is 4.57. The number of benzene rings is 1. The summed E-state index contributed by atoms with van der Waals surface area (Å²) in [5.41, 5.74) is 1.95. The Bertz CT molecular complexity index is 598. The number of urea groups is 1. The summed E-state index contributed by atoms with van der Waals surface area (Å²) in [6.07, 6.45) is 0. The molecule has 0 radical (unpaired) electrons. The van der Waals surface area contributed by atoms with Crippen molar-refractivity contribution in [1.82, 2.24) is 15.1 Å². The SMILES string of the molecule is Cn1nc(NC(=O)NCCOCCO)cc1-c1ccccc1. The molecule has 7 heteroatoms. The van der Waals surface area contributed by atoms with E-state index in [0.717, 1.165) is 11.3 Å². The van der Waals surface area contributed by atoms with E-state index in [2.05, 4.69) is 15.7 Å². The monoisotopic (exact) mass is 304 g/mol. The number of nitrogens with zero attached hydrogens (tertiary/aromatic N) is 2. The smallest absolute Gasteiger partial charge is 0.320 e. The summed E-state index contributed by atoms with van der Waals surface area (Å²) in [5, 5.41) is 18.2. The first-order valence-electron chi connectivity index (χ1n) is 7.03. The zero-order valence-corrected chi connectivity index (χ0v) is 12.5. The van der Waals surface area contributed by atoms with Crippen molar-refractivity contribution in [2.45, 2.75) is 0 Å². The van der Waals surface area contributed by atoms with Crippen LogP contribution in [0.5, 0.6) is 0 Å². The van der Waals surface area contributed by atoms with E-state index in [1.54, 1.807) is 4.68 Å². The highest BCUT2D eigenvalue weighted by Gasteiger charge is 2.09. The number of carbonyl (C=O) groups excluding carboxylic acids is 1. The number of aliphatic hydroxyl groups excluding tert-OH is 1. The van der Waals surface area contributed by atoms with Gasteiger partial charge in [-0.1, -0.05) is 30.3 Å². The third-order valence-corrected chi connectivity index (χ3v) is 2.96. The summed E-state index contributed by atoms with van der Waals surface area (Å²) >= 11 is 0. The fourth-order valence-corrected chi connectivity index (χ4v) is 1.97. The molecule has 2 amide bonds. The highest BCUT2D eigenvalue weighted by atomic mass is 16.5. The number of aliphatic hydroxyl groups is 1. The Labute approximate surface area is 128 Å². The Morgan fingerprint density at radius 1 is 1.32 bits per heavy atom. The van der Waals surface area contributed by atoms with E-state index in [4.69, 9.17) is 9.84 Å². The van der Waals surface area contributed by atoms with Crippen molar-refractivity contribution in [3.8, 4) is 11.3 Å². The van der Waals surface area contributed by atoms with Crippen molar-refractivity contribution in [1.29, 1.82) is 0 Å². The number of ether oxygens (including phenoxy) is 1. The summed E-state index contributed by atoms with van der Waals surface area (Å²) in [7, 11) is 1.83. The van der Waals surface area contributed by atoms with Gasteiger partial charge in [0.1, 0.15) is 0 Å². The van der Waals surface area contributed by atoms with E-state index in [0.29, 0.717) is 19.0 Å². The van der Waals surface area contributed by atoms with Crippen molar-refractivity contribution in [2.24, 2.45) is 7.05 Å². The van der Waals surface area contributed by atoms with E-state index < -0.39 is 0 Å². The highest BCUT2D eigenvalue weighted by Crippen LogP contribution is 2.21. The second kappa shape index (κ2) is 8.16. The molecule has 2 rings (SSSR count). The van der Waals surface area contributed by atoms with Crippen LogP contribution in [0.3, 0.4) is 0 Å². The average Bonchev–Trinajstić information content (AvgIpc) is 2.88. The van der Waals surface area contributed by atoms with E-state index in [9.17, 15) is 4.79 Å². The fourth-order valence-electron chi connectivity index (χ4n) is 1.97. The van der Waals surface area contributed by atoms with Crippen molar-refractivity contribution in [2.75, 3.05) is 31.7 Å². The van der Waals surface area contributed by atoms with Crippen molar-refractivity contribution >= 4 is 11.8 Å². The van der Waals surface area contributed by atoms with Gasteiger partial charge in [-0.2, -0.15) is 5.10 Å². The van der Waals surface area contributed by atoms with Gasteiger partial charge in [-0.15, -0.1) is 0 Å². The molecule has 0 saturated heterocycles. The molecule has 7 nitrogen and oxygen atoms in total. The summed E-state index contributed by atoms with van der Waals surface area (Å²) in [5.74, 6) is 0.482. The van der Waals surface area contributed by atoms with Crippen LogP contribution in [-0.4, -0.2) is 47.3 Å². The Hall–Kier alpha value is -2.38. The number of rotatable bonds is 7. The standard InChI is InChI=1S/C15H20N4O3/c1-19-13(12-5-3-2-4-6-12)11-14(18-19)17-15(21)16-7-9-22-10-8-20/h2-6,11,20H,7-10H2,1H3,(H2,16,17,18,21). The van der Waals surface area contributed by atoms with Crippen LogP contribution in [0.15, 0.2) is 36.4 Å². The van der Waals surface area contributed by atoms with Gasteiger partial charge in [0.2, 0.25) is 0 Å². The van der Waals surface area contributed by atoms with Crippen LogP contribution in [0.1, 0.15) is 0 Å². The second-order valence-corrected chi connectivity index (χ2v) is 4.62. The van der Waals surface area contributed by atoms with Gasteiger partial charge >= 0.3 is 6.03 Å². The minimum Gasteiger partial charge on any atom is -0.394 e. The first kappa shape index (κ1) is 16.0. The molecule has 0 fully saturated rings. The lowest BCUT2D eigenvalue weighted by Gasteiger charge is -2.05. The number of nitrogens with one attached hydrogen (secondary N) is 2. The molecule has 0 bridgehead atoms. The fraction of sp³-hybridized carbons (Fsp3) is 0.333. The lowest BCUT2D eigenvalue weighted by molar-refractivity contribution is 0.0950. The van der Waals surface area contributed by atoms with Gasteiger partial charge in [-0.3, -0.25) is 10.00 Å². The molecule has 3 N–H and O–H groups in total. The highest BCUT2D eigenvalue weighted by molar-refractivity contribution is 5.88. The van der Waals surface area contributed by atoms with Crippen LogP contribution < -0.4 is 10.6 Å². The molecule has 0 aliphatic heterocycles. The van der Waals surface area contributed by atoms with Crippen LogP contribution >= 0.6 is 0 Å². The molecule has 0 atom stereocenters. The van der Waals surface area contributed by atoms with E-state index >= 15 is 0 Å². The van der Waals surface area contributed by atoms with Crippen LogP contribution in [0, 0.1) is 0 Å². The number of hydrogen-bond acceptors (Lipinski definition) is 4. The van der Waals surface area contributed by atoms with Crippen LogP contribution in [0.4, 0.5) is 10.6 Å². The first-order chi connectivity index (χ1) is 10.7. The Morgan fingerprint density at radius 3 is 2.82 bits per heavy atom. The zero-order valence-electron chi connectivity index (χ0n) is 12.5. The minimum absolute atomic E-state index is 0.0254. The lowest BCUT2D eigenvalue weighted by Crippen LogP contribution is -2.31. The summed E-state index contributed by atoms with van der Waals surface area (Å²) in [6, 6.07) is 11.3. The van der Waals surface area contributed by atoms with Gasteiger partial charge in [0.15, 0.2) is 5.82 Å². The molecular weight excluding hydrogens is 284 g/mol. The van der Waals surface area contributed by atoms with Crippen LogP contribution in [-0.2, 0) is 11.8 Å². The Kier molecular flexibility index (Phi) is 5.93. The number of carbonyl (C=O) groups is 1. The minimum atomic E-state index is -0.342. The predicted molar refractivity (Wildman–Crippen MR) is 83.6 cm³/mol. The quantitative estimate of drug-likeness (QED) is 0.671. The summed E-state index contributed by atoms with van der Waals surface area (Å²) in [6.45, 7) is 0.960. The van der Waals surface area contributed by atoms with Gasteiger partial charge in [0.25, 0.3) is 0 Å². The Morgan fingerprint density at radius 2 is 2.09 bits per heavy atom. The van der Waals surface area contributed by atoms with Gasteiger partial charge in [0, 0.05) is 19.7 Å². The van der Waals surface area contributed by atoms with Crippen molar-refractivity contribution < 1.29 is 14.6 Å². The molecule has 2 aromatic rings. The maximum Gasteiger partial charge on any atom is 0.320 e. The van der Waals surface area contributed by atoms with Gasteiger partial charge < -0.3 is 15.2 Å². The predicted octanol–water partition coefficient (Wildman–Crippen LogP) is 1.22. The molecule has 118 valence electrons. The van der Waals surface area contributed by atoms with Gasteiger partial charge in [-0.25, -0.2) is 4.79 Å².